The minimum absolute atomic E-state index is 0.0261. The van der Waals surface area contributed by atoms with Crippen LogP contribution in [0.15, 0.2) is 24.7 Å². The van der Waals surface area contributed by atoms with E-state index in [2.05, 4.69) is 25.3 Å². The second-order valence-corrected chi connectivity index (χ2v) is 7.95. The van der Waals surface area contributed by atoms with E-state index in [4.69, 9.17) is 11.6 Å². The van der Waals surface area contributed by atoms with Crippen LogP contribution in [0, 0.1) is 23.6 Å². The molecule has 7 nitrogen and oxygen atoms in total. The lowest BCUT2D eigenvalue weighted by atomic mass is 9.84. The number of aliphatic carboxylic acids is 1. The molecule has 4 atom stereocenters. The summed E-state index contributed by atoms with van der Waals surface area (Å²) in [7, 11) is 0. The molecule has 2 aliphatic carbocycles. The van der Waals surface area contributed by atoms with E-state index in [1.807, 2.05) is 0 Å². The van der Waals surface area contributed by atoms with Gasteiger partial charge in [-0.25, -0.2) is 19.3 Å². The fourth-order valence-electron chi connectivity index (χ4n) is 4.77. The van der Waals surface area contributed by atoms with E-state index in [0.717, 1.165) is 30.8 Å². The summed E-state index contributed by atoms with van der Waals surface area (Å²) in [5.74, 6) is -1.25. The number of rotatable bonds is 4. The highest BCUT2D eigenvalue weighted by Crippen LogP contribution is 2.49. The fraction of sp³-hybridized carbons (Fsp3) is 0.368. The zero-order valence-electron chi connectivity index (χ0n) is 14.7. The predicted octanol–water partition coefficient (Wildman–Crippen LogP) is 3.72. The molecule has 0 amide bonds. The molecule has 0 aliphatic heterocycles. The molecular formula is C19H17ClFN5O2. The van der Waals surface area contributed by atoms with Gasteiger partial charge in [0.15, 0.2) is 17.5 Å². The monoisotopic (exact) mass is 401 g/mol. The normalized spacial score (nSPS) is 26.1. The second-order valence-electron chi connectivity index (χ2n) is 7.51. The minimum atomic E-state index is -0.836. The summed E-state index contributed by atoms with van der Waals surface area (Å²) < 4.78 is 14.4. The van der Waals surface area contributed by atoms with Crippen molar-refractivity contribution in [1.82, 2.24) is 19.9 Å². The van der Waals surface area contributed by atoms with Gasteiger partial charge < -0.3 is 15.4 Å². The number of carboxylic acids is 1. The lowest BCUT2D eigenvalue weighted by Crippen LogP contribution is -2.39. The third kappa shape index (κ3) is 2.71. The highest BCUT2D eigenvalue weighted by Gasteiger charge is 2.51. The maximum absolute atomic E-state index is 14.4. The van der Waals surface area contributed by atoms with Crippen LogP contribution in [0.1, 0.15) is 19.3 Å². The van der Waals surface area contributed by atoms with Crippen LogP contribution in [0.3, 0.4) is 0 Å². The lowest BCUT2D eigenvalue weighted by molar-refractivity contribution is -0.143. The van der Waals surface area contributed by atoms with Gasteiger partial charge in [0, 0.05) is 29.4 Å². The van der Waals surface area contributed by atoms with Crippen LogP contribution in [-0.4, -0.2) is 37.1 Å². The Balaban J connectivity index is 1.51. The van der Waals surface area contributed by atoms with Crippen molar-refractivity contribution in [2.24, 2.45) is 17.8 Å². The summed E-state index contributed by atoms with van der Waals surface area (Å²) >= 11 is 6.04. The Kier molecular flexibility index (Phi) is 3.97. The molecule has 0 saturated heterocycles. The average molecular weight is 402 g/mol. The first-order valence-corrected chi connectivity index (χ1v) is 9.54. The van der Waals surface area contributed by atoms with E-state index >= 15 is 0 Å². The van der Waals surface area contributed by atoms with Crippen molar-refractivity contribution in [2.75, 3.05) is 5.32 Å². The zero-order chi connectivity index (χ0) is 19.4. The Morgan fingerprint density at radius 1 is 1.29 bits per heavy atom. The van der Waals surface area contributed by atoms with Gasteiger partial charge in [0.2, 0.25) is 0 Å². The first-order chi connectivity index (χ1) is 13.5. The number of anilines is 1. The van der Waals surface area contributed by atoms with Crippen molar-refractivity contribution in [3.05, 3.63) is 35.5 Å². The number of nitrogens with zero attached hydrogens (tertiary/aromatic N) is 3. The van der Waals surface area contributed by atoms with E-state index in [1.54, 1.807) is 12.3 Å². The molecule has 2 saturated carbocycles. The second kappa shape index (κ2) is 6.41. The van der Waals surface area contributed by atoms with E-state index in [1.165, 1.54) is 6.20 Å². The van der Waals surface area contributed by atoms with Crippen LogP contribution in [0.25, 0.3) is 22.4 Å². The van der Waals surface area contributed by atoms with Gasteiger partial charge in [0.1, 0.15) is 5.65 Å². The van der Waals surface area contributed by atoms with E-state index in [0.29, 0.717) is 22.1 Å². The number of fused-ring (bicyclic) bond motifs is 3. The predicted molar refractivity (Wildman–Crippen MR) is 101 cm³/mol. The molecule has 2 fully saturated rings. The molecule has 2 aliphatic rings. The molecule has 2 bridgehead atoms. The zero-order valence-corrected chi connectivity index (χ0v) is 15.4. The van der Waals surface area contributed by atoms with Crippen molar-refractivity contribution < 1.29 is 14.3 Å². The third-order valence-corrected chi connectivity index (χ3v) is 6.19. The van der Waals surface area contributed by atoms with Crippen LogP contribution in [0.5, 0.6) is 0 Å². The topological polar surface area (TPSA) is 104 Å². The summed E-state index contributed by atoms with van der Waals surface area (Å²) in [5.41, 5.74) is 1.27. The van der Waals surface area contributed by atoms with Crippen LogP contribution >= 0.6 is 11.6 Å². The summed E-state index contributed by atoms with van der Waals surface area (Å²) in [6.45, 7) is 0. The van der Waals surface area contributed by atoms with Gasteiger partial charge in [0.25, 0.3) is 0 Å². The van der Waals surface area contributed by atoms with Crippen LogP contribution < -0.4 is 5.32 Å². The number of H-pyrrole nitrogens is 1. The molecule has 3 aromatic rings. The lowest BCUT2D eigenvalue weighted by Gasteiger charge is -2.29. The molecule has 3 aromatic heterocycles. The molecule has 0 spiro atoms. The van der Waals surface area contributed by atoms with Gasteiger partial charge in [-0.05, 0) is 37.2 Å². The Labute approximate surface area is 164 Å². The number of hydrogen-bond acceptors (Lipinski definition) is 5. The Bertz CT molecular complexity index is 1090. The number of aromatic nitrogens is 4. The number of carbonyl (C=O) groups is 1. The van der Waals surface area contributed by atoms with Gasteiger partial charge in [-0.2, -0.15) is 0 Å². The molecule has 5 rings (SSSR count). The van der Waals surface area contributed by atoms with Gasteiger partial charge in [-0.1, -0.05) is 11.6 Å². The van der Waals surface area contributed by atoms with Crippen LogP contribution in [0.4, 0.5) is 10.2 Å². The Hall–Kier alpha value is -2.74. The average Bonchev–Trinajstić information content (AvgIpc) is 3.37. The van der Waals surface area contributed by atoms with E-state index in [-0.39, 0.29) is 23.7 Å². The summed E-state index contributed by atoms with van der Waals surface area (Å²) in [4.78, 5) is 27.4. The van der Waals surface area contributed by atoms with Gasteiger partial charge >= 0.3 is 5.97 Å². The number of nitrogens with one attached hydrogen (secondary N) is 2. The summed E-state index contributed by atoms with van der Waals surface area (Å²) in [5, 5.41) is 13.9. The van der Waals surface area contributed by atoms with Crippen molar-refractivity contribution in [2.45, 2.75) is 25.3 Å². The molecule has 28 heavy (non-hydrogen) atoms. The largest absolute Gasteiger partial charge is 0.481 e. The molecule has 3 N–H and O–H groups in total. The van der Waals surface area contributed by atoms with E-state index in [9.17, 15) is 14.3 Å². The highest BCUT2D eigenvalue weighted by molar-refractivity contribution is 6.31. The maximum Gasteiger partial charge on any atom is 0.308 e. The van der Waals surface area contributed by atoms with Crippen molar-refractivity contribution in [3.8, 4) is 11.4 Å². The first-order valence-electron chi connectivity index (χ1n) is 9.16. The molecule has 0 unspecified atom stereocenters. The Morgan fingerprint density at radius 2 is 2.11 bits per heavy atom. The van der Waals surface area contributed by atoms with Gasteiger partial charge in [0.05, 0.1) is 17.1 Å². The number of carboxylic acid groups (broad SMARTS) is 1. The van der Waals surface area contributed by atoms with Gasteiger partial charge in [-0.3, -0.25) is 4.79 Å². The smallest absolute Gasteiger partial charge is 0.308 e. The maximum atomic E-state index is 14.4. The number of hydrogen-bond donors (Lipinski definition) is 3. The van der Waals surface area contributed by atoms with Gasteiger partial charge in [-0.15, -0.1) is 0 Å². The highest BCUT2D eigenvalue weighted by atomic mass is 35.5. The van der Waals surface area contributed by atoms with E-state index < -0.39 is 17.7 Å². The molecule has 144 valence electrons. The van der Waals surface area contributed by atoms with Crippen LogP contribution in [-0.2, 0) is 4.79 Å². The molecule has 0 aromatic carbocycles. The standard InChI is InChI=1S/C19H17ClFN5O2/c20-10-4-11-12(6-23-16(11)22-5-10)17-24-7-13(21)18(26-17)25-15-9-2-1-8(3-9)14(15)19(27)28/h4-9,14-15H,1-3H2,(H,22,23)(H,27,28)(H,24,25,26)/t8-,9+,14-,15+/m0/s1. The summed E-state index contributed by atoms with van der Waals surface area (Å²) in [6.07, 6.45) is 7.07. The van der Waals surface area contributed by atoms with Crippen LogP contribution in [0.2, 0.25) is 5.02 Å². The Morgan fingerprint density at radius 3 is 2.93 bits per heavy atom. The SMILES string of the molecule is O=C(O)[C@H]1[C@H]2CC[C@H](C2)[C@H]1Nc1nc(-c2c[nH]c3ncc(Cl)cc23)ncc1F. The quantitative estimate of drug-likeness (QED) is 0.615. The summed E-state index contributed by atoms with van der Waals surface area (Å²) in [6, 6.07) is 1.42. The molecule has 9 heteroatoms. The molecular weight excluding hydrogens is 385 g/mol. The fourth-order valence-corrected chi connectivity index (χ4v) is 4.93. The van der Waals surface area contributed by atoms with Crippen molar-refractivity contribution in [1.29, 1.82) is 0 Å². The first kappa shape index (κ1) is 17.4. The minimum Gasteiger partial charge on any atom is -0.481 e. The van der Waals surface area contributed by atoms with Crippen molar-refractivity contribution >= 4 is 34.4 Å². The molecule has 0 radical (unpaired) electrons. The number of pyridine rings is 1. The molecule has 3 heterocycles. The number of halogens is 2. The third-order valence-electron chi connectivity index (χ3n) is 5.99. The number of aromatic amines is 1. The van der Waals surface area contributed by atoms with Crippen molar-refractivity contribution in [3.63, 3.8) is 0 Å².